The summed E-state index contributed by atoms with van der Waals surface area (Å²) in [6.45, 7) is 1.82. The van der Waals surface area contributed by atoms with Gasteiger partial charge in [-0.15, -0.1) is 0 Å². The molecule has 32 heavy (non-hydrogen) atoms. The molecule has 7 nitrogen and oxygen atoms in total. The molecule has 1 aliphatic rings. The van der Waals surface area contributed by atoms with Crippen molar-refractivity contribution in [3.8, 4) is 5.82 Å². The monoisotopic (exact) mass is 448 g/mol. The molecule has 4 heterocycles. The van der Waals surface area contributed by atoms with E-state index in [1.807, 2.05) is 0 Å². The van der Waals surface area contributed by atoms with Gasteiger partial charge >= 0.3 is 6.18 Å². The number of amides is 1. The first kappa shape index (κ1) is 21.9. The summed E-state index contributed by atoms with van der Waals surface area (Å²) in [6.07, 6.45) is 1.45. The van der Waals surface area contributed by atoms with Crippen LogP contribution in [0.5, 0.6) is 0 Å². The zero-order chi connectivity index (χ0) is 22.7. The van der Waals surface area contributed by atoms with E-state index in [1.54, 1.807) is 6.20 Å². The van der Waals surface area contributed by atoms with E-state index >= 15 is 0 Å². The van der Waals surface area contributed by atoms with Crippen molar-refractivity contribution >= 4 is 11.6 Å². The maximum absolute atomic E-state index is 14.6. The van der Waals surface area contributed by atoms with Gasteiger partial charge in [0, 0.05) is 18.2 Å². The van der Waals surface area contributed by atoms with Crippen LogP contribution in [0.4, 0.5) is 23.2 Å². The van der Waals surface area contributed by atoms with E-state index in [0.717, 1.165) is 43.8 Å². The van der Waals surface area contributed by atoms with Gasteiger partial charge in [-0.2, -0.15) is 13.2 Å². The molecule has 0 aromatic carbocycles. The third-order valence-electron chi connectivity index (χ3n) is 5.15. The predicted molar refractivity (Wildman–Crippen MR) is 108 cm³/mol. The van der Waals surface area contributed by atoms with Gasteiger partial charge in [-0.25, -0.2) is 19.3 Å². The Kier molecular flexibility index (Phi) is 6.17. The number of nitrogens with zero attached hydrogens (tertiary/aromatic N) is 4. The minimum absolute atomic E-state index is 0.0372. The molecular weight excluding hydrogens is 428 g/mol. The minimum atomic E-state index is -4.60. The van der Waals surface area contributed by atoms with E-state index in [9.17, 15) is 22.4 Å². The second-order valence-corrected chi connectivity index (χ2v) is 7.50. The number of alkyl halides is 3. The summed E-state index contributed by atoms with van der Waals surface area (Å²) in [5.74, 6) is -0.963. The summed E-state index contributed by atoms with van der Waals surface area (Å²) < 4.78 is 54.4. The number of aromatic nitrogens is 4. The summed E-state index contributed by atoms with van der Waals surface area (Å²) in [6, 6.07) is 4.42. The van der Waals surface area contributed by atoms with Crippen molar-refractivity contribution in [3.05, 3.63) is 65.9 Å². The van der Waals surface area contributed by atoms with Crippen LogP contribution in [0, 0.1) is 5.82 Å². The third kappa shape index (κ3) is 5.10. The van der Waals surface area contributed by atoms with Crippen molar-refractivity contribution in [1.82, 2.24) is 24.8 Å². The molecule has 3 aromatic heterocycles. The molecule has 3 aromatic rings. The molecule has 1 fully saturated rings. The number of hydrogen-bond acceptors (Lipinski definition) is 5. The van der Waals surface area contributed by atoms with Crippen LogP contribution in [0.2, 0.25) is 0 Å². The fraction of sp³-hybridized carbons (Fsp3) is 0.333. The standard InChI is InChI=1S/C21H20F4N6O/c22-16-8-15(30-19(32)9-14-2-1-3-18(29-14)21(23,24)25)10-27-20(16)31-11-17(28-12-31)13-4-6-26-7-5-13/h1-3,8,10-13,26H,4-7,9H2,(H,30,32). The van der Waals surface area contributed by atoms with E-state index in [-0.39, 0.29) is 17.2 Å². The summed E-state index contributed by atoms with van der Waals surface area (Å²) in [5.41, 5.74) is -0.170. The molecule has 0 radical (unpaired) electrons. The number of rotatable bonds is 5. The zero-order valence-electron chi connectivity index (χ0n) is 16.9. The Bertz CT molecular complexity index is 1110. The van der Waals surface area contributed by atoms with E-state index in [4.69, 9.17) is 0 Å². The molecule has 0 bridgehead atoms. The lowest BCUT2D eigenvalue weighted by Gasteiger charge is -2.20. The maximum atomic E-state index is 14.6. The van der Waals surface area contributed by atoms with Gasteiger partial charge in [-0.05, 0) is 38.1 Å². The van der Waals surface area contributed by atoms with Crippen molar-refractivity contribution in [3.63, 3.8) is 0 Å². The zero-order valence-corrected chi connectivity index (χ0v) is 16.9. The molecule has 1 amide bonds. The second-order valence-electron chi connectivity index (χ2n) is 7.50. The first-order chi connectivity index (χ1) is 15.3. The van der Waals surface area contributed by atoms with E-state index in [2.05, 4.69) is 25.6 Å². The van der Waals surface area contributed by atoms with Gasteiger partial charge in [0.2, 0.25) is 5.91 Å². The molecule has 11 heteroatoms. The number of pyridine rings is 2. The fourth-order valence-electron chi connectivity index (χ4n) is 3.58. The van der Waals surface area contributed by atoms with E-state index < -0.39 is 30.0 Å². The Morgan fingerprint density at radius 2 is 2.00 bits per heavy atom. The lowest BCUT2D eigenvalue weighted by molar-refractivity contribution is -0.141. The number of piperidine rings is 1. The van der Waals surface area contributed by atoms with Gasteiger partial charge in [-0.3, -0.25) is 9.36 Å². The Hall–Kier alpha value is -3.34. The topological polar surface area (TPSA) is 84.7 Å². The smallest absolute Gasteiger partial charge is 0.324 e. The van der Waals surface area contributed by atoms with Crippen LogP contribution in [0.25, 0.3) is 5.82 Å². The summed E-state index contributed by atoms with van der Waals surface area (Å²) in [4.78, 5) is 24.1. The van der Waals surface area contributed by atoms with Crippen LogP contribution >= 0.6 is 0 Å². The molecule has 168 valence electrons. The highest BCUT2D eigenvalue weighted by molar-refractivity contribution is 5.91. The van der Waals surface area contributed by atoms with Gasteiger partial charge < -0.3 is 10.6 Å². The van der Waals surface area contributed by atoms with Gasteiger partial charge in [0.15, 0.2) is 11.6 Å². The van der Waals surface area contributed by atoms with Crippen molar-refractivity contribution in [1.29, 1.82) is 0 Å². The molecule has 1 saturated heterocycles. The average Bonchev–Trinajstić information content (AvgIpc) is 3.24. The van der Waals surface area contributed by atoms with Gasteiger partial charge in [-0.1, -0.05) is 6.07 Å². The molecule has 0 saturated carbocycles. The highest BCUT2D eigenvalue weighted by Crippen LogP contribution is 2.28. The highest BCUT2D eigenvalue weighted by atomic mass is 19.4. The quantitative estimate of drug-likeness (QED) is 0.584. The molecule has 0 atom stereocenters. The second kappa shape index (κ2) is 9.03. The van der Waals surface area contributed by atoms with Crippen LogP contribution < -0.4 is 10.6 Å². The van der Waals surface area contributed by atoms with Crippen LogP contribution in [0.1, 0.15) is 35.8 Å². The molecule has 0 spiro atoms. The normalized spacial score (nSPS) is 15.0. The van der Waals surface area contributed by atoms with Crippen LogP contribution in [0.15, 0.2) is 43.0 Å². The number of nitrogens with one attached hydrogen (secondary N) is 2. The predicted octanol–water partition coefficient (Wildman–Crippen LogP) is 3.47. The lowest BCUT2D eigenvalue weighted by atomic mass is 9.95. The molecule has 1 aliphatic heterocycles. The fourth-order valence-corrected chi connectivity index (χ4v) is 3.58. The molecule has 2 N–H and O–H groups in total. The Balaban J connectivity index is 1.42. The van der Waals surface area contributed by atoms with Crippen LogP contribution in [-0.4, -0.2) is 38.5 Å². The largest absolute Gasteiger partial charge is 0.433 e. The number of halogens is 4. The third-order valence-corrected chi connectivity index (χ3v) is 5.15. The summed E-state index contributed by atoms with van der Waals surface area (Å²) in [5, 5.41) is 5.71. The first-order valence-electron chi connectivity index (χ1n) is 10.0. The van der Waals surface area contributed by atoms with Crippen LogP contribution in [-0.2, 0) is 17.4 Å². The van der Waals surface area contributed by atoms with Gasteiger partial charge in [0.25, 0.3) is 0 Å². The molecule has 0 aliphatic carbocycles. The highest BCUT2D eigenvalue weighted by Gasteiger charge is 2.32. The van der Waals surface area contributed by atoms with Crippen molar-refractivity contribution in [2.45, 2.75) is 31.4 Å². The summed E-state index contributed by atoms with van der Waals surface area (Å²) in [7, 11) is 0. The van der Waals surface area contributed by atoms with E-state index in [0.29, 0.717) is 5.92 Å². The molecular formula is C21H20F4N6O. The van der Waals surface area contributed by atoms with Gasteiger partial charge in [0.05, 0.1) is 29.7 Å². The first-order valence-corrected chi connectivity index (χ1v) is 10.0. The minimum Gasteiger partial charge on any atom is -0.324 e. The SMILES string of the molecule is O=C(Cc1cccc(C(F)(F)F)n1)Nc1cnc(-n2cnc(C3CCNCC3)c2)c(F)c1. The summed E-state index contributed by atoms with van der Waals surface area (Å²) >= 11 is 0. The number of carbonyl (C=O) groups excluding carboxylic acids is 1. The molecule has 4 rings (SSSR count). The van der Waals surface area contributed by atoms with Gasteiger partial charge in [0.1, 0.15) is 12.0 Å². The van der Waals surface area contributed by atoms with Crippen molar-refractivity contribution in [2.24, 2.45) is 0 Å². The average molecular weight is 448 g/mol. The molecule has 0 unspecified atom stereocenters. The maximum Gasteiger partial charge on any atom is 0.433 e. The Morgan fingerprint density at radius 1 is 1.22 bits per heavy atom. The van der Waals surface area contributed by atoms with Crippen LogP contribution in [0.3, 0.4) is 0 Å². The lowest BCUT2D eigenvalue weighted by Crippen LogP contribution is -2.26. The number of imidazole rings is 1. The number of anilines is 1. The Labute approximate surface area is 180 Å². The number of hydrogen-bond donors (Lipinski definition) is 2. The van der Waals surface area contributed by atoms with Crippen molar-refractivity contribution in [2.75, 3.05) is 18.4 Å². The number of carbonyl (C=O) groups is 1. The van der Waals surface area contributed by atoms with E-state index in [1.165, 1.54) is 29.2 Å². The Morgan fingerprint density at radius 3 is 2.72 bits per heavy atom. The van der Waals surface area contributed by atoms with Crippen molar-refractivity contribution < 1.29 is 22.4 Å².